The van der Waals surface area contributed by atoms with Crippen molar-refractivity contribution in [3.8, 4) is 0 Å². The minimum Gasteiger partial charge on any atom is -0.396 e. The fraction of sp³-hybridized carbons (Fsp3) is 0.545. The molecule has 0 fully saturated rings. The van der Waals surface area contributed by atoms with Crippen LogP contribution >= 0.6 is 0 Å². The summed E-state index contributed by atoms with van der Waals surface area (Å²) in [5, 5.41) is 13.7. The van der Waals surface area contributed by atoms with E-state index in [1.165, 1.54) is 6.07 Å². The Kier molecular flexibility index (Phi) is 5.86. The van der Waals surface area contributed by atoms with Gasteiger partial charge in [-0.1, -0.05) is 0 Å². The molecule has 100 valence electrons. The number of aromatic amines is 1. The topological polar surface area (TPSA) is 107 Å². The normalized spacial score (nSPS) is 10.1. The average molecular weight is 254 g/mol. The highest BCUT2D eigenvalue weighted by atomic mass is 16.3. The number of H-pyrrole nitrogens is 1. The van der Waals surface area contributed by atoms with Gasteiger partial charge in [0.15, 0.2) is 0 Å². The molecule has 1 aromatic heterocycles. The first-order valence-corrected chi connectivity index (χ1v) is 5.85. The number of aromatic nitrogens is 2. The highest BCUT2D eigenvalue weighted by Gasteiger charge is 2.03. The standard InChI is InChI=1S/C11H18N4O3/c1-8-7-9(17)14-10(13-8)15-11(18)12-5-3-2-4-6-16/h7,16H,2-6H2,1H3,(H3,12,13,14,15,17,18). The van der Waals surface area contributed by atoms with Crippen molar-refractivity contribution in [1.82, 2.24) is 15.3 Å². The number of aliphatic hydroxyl groups excluding tert-OH is 1. The maximum atomic E-state index is 11.4. The van der Waals surface area contributed by atoms with Crippen LogP contribution in [0.1, 0.15) is 25.0 Å². The number of anilines is 1. The summed E-state index contributed by atoms with van der Waals surface area (Å²) in [7, 11) is 0. The van der Waals surface area contributed by atoms with Crippen molar-refractivity contribution in [1.29, 1.82) is 0 Å². The number of aliphatic hydroxyl groups is 1. The molecule has 2 amide bonds. The summed E-state index contributed by atoms with van der Waals surface area (Å²) >= 11 is 0. The molecular formula is C11H18N4O3. The number of urea groups is 1. The Morgan fingerprint density at radius 3 is 2.89 bits per heavy atom. The number of rotatable bonds is 6. The number of aryl methyl sites for hydroxylation is 1. The summed E-state index contributed by atoms with van der Waals surface area (Å²) in [5.74, 6) is 0.132. The number of hydrogen-bond acceptors (Lipinski definition) is 4. The second-order valence-corrected chi connectivity index (χ2v) is 3.90. The number of carbonyl (C=O) groups is 1. The minimum absolute atomic E-state index is 0.132. The first kappa shape index (κ1) is 14.2. The number of amides is 2. The lowest BCUT2D eigenvalue weighted by molar-refractivity contribution is 0.251. The lowest BCUT2D eigenvalue weighted by Crippen LogP contribution is -2.31. The van der Waals surface area contributed by atoms with E-state index in [1.54, 1.807) is 6.92 Å². The summed E-state index contributed by atoms with van der Waals surface area (Å²) < 4.78 is 0. The van der Waals surface area contributed by atoms with Crippen LogP contribution in [0.25, 0.3) is 0 Å². The fourth-order valence-corrected chi connectivity index (χ4v) is 1.41. The molecule has 0 unspecified atom stereocenters. The summed E-state index contributed by atoms with van der Waals surface area (Å²) in [6, 6.07) is 0.936. The molecule has 0 aliphatic heterocycles. The van der Waals surface area contributed by atoms with E-state index in [2.05, 4.69) is 20.6 Å². The highest BCUT2D eigenvalue weighted by molar-refractivity contribution is 5.87. The van der Waals surface area contributed by atoms with E-state index in [0.717, 1.165) is 19.3 Å². The maximum absolute atomic E-state index is 11.4. The van der Waals surface area contributed by atoms with Crippen molar-refractivity contribution < 1.29 is 9.90 Å². The third kappa shape index (κ3) is 5.44. The molecule has 1 heterocycles. The van der Waals surface area contributed by atoms with Crippen LogP contribution in [0.15, 0.2) is 10.9 Å². The van der Waals surface area contributed by atoms with Crippen molar-refractivity contribution >= 4 is 12.0 Å². The molecule has 0 radical (unpaired) electrons. The van der Waals surface area contributed by atoms with E-state index in [4.69, 9.17) is 5.11 Å². The molecule has 0 saturated heterocycles. The number of hydrogen-bond donors (Lipinski definition) is 4. The van der Waals surface area contributed by atoms with Gasteiger partial charge in [-0.05, 0) is 26.2 Å². The molecule has 0 atom stereocenters. The van der Waals surface area contributed by atoms with E-state index in [1.807, 2.05) is 0 Å². The second-order valence-electron chi connectivity index (χ2n) is 3.90. The van der Waals surface area contributed by atoms with Gasteiger partial charge < -0.3 is 10.4 Å². The van der Waals surface area contributed by atoms with E-state index in [9.17, 15) is 9.59 Å². The SMILES string of the molecule is Cc1cc(=O)[nH]c(NC(=O)NCCCCCO)n1. The van der Waals surface area contributed by atoms with Crippen molar-refractivity contribution in [2.75, 3.05) is 18.5 Å². The molecule has 7 heteroatoms. The maximum Gasteiger partial charge on any atom is 0.321 e. The first-order chi connectivity index (χ1) is 8.61. The molecule has 1 rings (SSSR count). The predicted octanol–water partition coefficient (Wildman–Crippen LogP) is 0.362. The molecule has 0 aromatic carbocycles. The van der Waals surface area contributed by atoms with E-state index >= 15 is 0 Å². The Balaban J connectivity index is 2.33. The Hall–Kier alpha value is -1.89. The number of unbranched alkanes of at least 4 members (excludes halogenated alkanes) is 2. The van der Waals surface area contributed by atoms with Gasteiger partial charge in [0.2, 0.25) is 5.95 Å². The first-order valence-electron chi connectivity index (χ1n) is 5.85. The zero-order valence-electron chi connectivity index (χ0n) is 10.3. The van der Waals surface area contributed by atoms with Gasteiger partial charge in [0.05, 0.1) is 0 Å². The predicted molar refractivity (Wildman–Crippen MR) is 67.6 cm³/mol. The highest BCUT2D eigenvalue weighted by Crippen LogP contribution is 1.96. The van der Waals surface area contributed by atoms with Crippen LogP contribution in [-0.2, 0) is 0 Å². The summed E-state index contributed by atoms with van der Waals surface area (Å²) in [5.41, 5.74) is 0.234. The second kappa shape index (κ2) is 7.44. The van der Waals surface area contributed by atoms with Gasteiger partial charge in [-0.25, -0.2) is 9.78 Å². The van der Waals surface area contributed by atoms with Crippen LogP contribution in [0, 0.1) is 6.92 Å². The largest absolute Gasteiger partial charge is 0.396 e. The van der Waals surface area contributed by atoms with Crippen LogP contribution in [-0.4, -0.2) is 34.3 Å². The van der Waals surface area contributed by atoms with E-state index in [-0.39, 0.29) is 18.1 Å². The Morgan fingerprint density at radius 1 is 1.44 bits per heavy atom. The lowest BCUT2D eigenvalue weighted by Gasteiger charge is -2.06. The fourth-order valence-electron chi connectivity index (χ4n) is 1.41. The molecule has 7 nitrogen and oxygen atoms in total. The van der Waals surface area contributed by atoms with Gasteiger partial charge in [-0.15, -0.1) is 0 Å². The number of nitrogens with zero attached hydrogens (tertiary/aromatic N) is 1. The van der Waals surface area contributed by atoms with Gasteiger partial charge in [-0.2, -0.15) is 0 Å². The Bertz CT molecular complexity index is 444. The average Bonchev–Trinajstić information content (AvgIpc) is 2.27. The van der Waals surface area contributed by atoms with Crippen LogP contribution in [0.5, 0.6) is 0 Å². The summed E-state index contributed by atoms with van der Waals surface area (Å²) in [6.07, 6.45) is 2.39. The van der Waals surface area contributed by atoms with Crippen LogP contribution in [0.3, 0.4) is 0 Å². The summed E-state index contributed by atoms with van der Waals surface area (Å²) in [4.78, 5) is 29.0. The van der Waals surface area contributed by atoms with Crippen LogP contribution in [0.2, 0.25) is 0 Å². The zero-order valence-corrected chi connectivity index (χ0v) is 10.3. The number of nitrogens with one attached hydrogen (secondary N) is 3. The third-order valence-corrected chi connectivity index (χ3v) is 2.22. The molecule has 4 N–H and O–H groups in total. The molecular weight excluding hydrogens is 236 g/mol. The van der Waals surface area contributed by atoms with Crippen LogP contribution < -0.4 is 16.2 Å². The van der Waals surface area contributed by atoms with Crippen molar-refractivity contribution in [3.63, 3.8) is 0 Å². The smallest absolute Gasteiger partial charge is 0.321 e. The Morgan fingerprint density at radius 2 is 2.22 bits per heavy atom. The molecule has 18 heavy (non-hydrogen) atoms. The monoisotopic (exact) mass is 254 g/mol. The number of carbonyl (C=O) groups excluding carboxylic acids is 1. The Labute approximate surface area is 105 Å². The molecule has 0 spiro atoms. The quantitative estimate of drug-likeness (QED) is 0.550. The molecule has 0 aliphatic carbocycles. The van der Waals surface area contributed by atoms with Crippen molar-refractivity contribution in [3.05, 3.63) is 22.1 Å². The van der Waals surface area contributed by atoms with E-state index < -0.39 is 6.03 Å². The van der Waals surface area contributed by atoms with Gasteiger partial charge in [0, 0.05) is 24.9 Å². The van der Waals surface area contributed by atoms with Crippen LogP contribution in [0.4, 0.5) is 10.7 Å². The third-order valence-electron chi connectivity index (χ3n) is 2.22. The van der Waals surface area contributed by atoms with E-state index in [0.29, 0.717) is 12.2 Å². The molecule has 0 bridgehead atoms. The van der Waals surface area contributed by atoms with Gasteiger partial charge in [0.25, 0.3) is 5.56 Å². The zero-order chi connectivity index (χ0) is 13.4. The van der Waals surface area contributed by atoms with Crippen molar-refractivity contribution in [2.45, 2.75) is 26.2 Å². The lowest BCUT2D eigenvalue weighted by atomic mass is 10.2. The van der Waals surface area contributed by atoms with Gasteiger partial charge in [0.1, 0.15) is 0 Å². The molecule has 0 saturated carbocycles. The van der Waals surface area contributed by atoms with Gasteiger partial charge >= 0.3 is 6.03 Å². The minimum atomic E-state index is -0.409. The molecule has 1 aromatic rings. The van der Waals surface area contributed by atoms with Gasteiger partial charge in [-0.3, -0.25) is 15.1 Å². The molecule has 0 aliphatic rings. The summed E-state index contributed by atoms with van der Waals surface area (Å²) in [6.45, 7) is 2.36. The van der Waals surface area contributed by atoms with Crippen molar-refractivity contribution in [2.24, 2.45) is 0 Å².